The Morgan fingerprint density at radius 2 is 1.82 bits per heavy atom. The van der Waals surface area contributed by atoms with Crippen LogP contribution in [-0.4, -0.2) is 26.4 Å². The first-order valence-electron chi connectivity index (χ1n) is 11.1. The van der Waals surface area contributed by atoms with E-state index in [1.165, 1.54) is 17.3 Å². The molecule has 0 unspecified atom stereocenters. The van der Waals surface area contributed by atoms with Crippen LogP contribution in [0.25, 0.3) is 10.8 Å². The number of fused-ring (bicyclic) bond motifs is 1. The van der Waals surface area contributed by atoms with Crippen molar-refractivity contribution < 1.29 is 9.53 Å². The molecule has 0 saturated carbocycles. The summed E-state index contributed by atoms with van der Waals surface area (Å²) < 4.78 is 8.03. The molecule has 174 valence electrons. The molecular formula is C27H28N4O2S. The molecule has 0 aliphatic rings. The summed E-state index contributed by atoms with van der Waals surface area (Å²) in [6.45, 7) is 10.7. The zero-order valence-corrected chi connectivity index (χ0v) is 20.5. The number of carbonyl (C=O) groups excluding carboxylic acids is 1. The van der Waals surface area contributed by atoms with Gasteiger partial charge < -0.3 is 10.1 Å². The second-order valence-corrected chi connectivity index (χ2v) is 9.12. The summed E-state index contributed by atoms with van der Waals surface area (Å²) in [6.07, 6.45) is 1.79. The lowest BCUT2D eigenvalue weighted by Crippen LogP contribution is -2.16. The maximum atomic E-state index is 12.7. The Bertz CT molecular complexity index is 1320. The maximum absolute atomic E-state index is 12.7. The van der Waals surface area contributed by atoms with E-state index in [9.17, 15) is 4.79 Å². The monoisotopic (exact) mass is 472 g/mol. The number of hydrogen-bond donors (Lipinski definition) is 1. The largest absolute Gasteiger partial charge is 0.485 e. The highest BCUT2D eigenvalue weighted by molar-refractivity contribution is 7.99. The predicted molar refractivity (Wildman–Crippen MR) is 139 cm³/mol. The Labute approximate surface area is 204 Å². The van der Waals surface area contributed by atoms with E-state index >= 15 is 0 Å². The van der Waals surface area contributed by atoms with E-state index in [-0.39, 0.29) is 18.3 Å². The molecule has 1 N–H and O–H groups in total. The van der Waals surface area contributed by atoms with Gasteiger partial charge in [-0.3, -0.25) is 9.36 Å². The lowest BCUT2D eigenvalue weighted by Gasteiger charge is -2.13. The number of benzene rings is 3. The van der Waals surface area contributed by atoms with Crippen LogP contribution in [0, 0.1) is 20.8 Å². The second-order valence-electron chi connectivity index (χ2n) is 8.17. The Morgan fingerprint density at radius 1 is 1.09 bits per heavy atom. The molecule has 6 nitrogen and oxygen atoms in total. The van der Waals surface area contributed by atoms with Crippen LogP contribution in [0.5, 0.6) is 5.75 Å². The molecule has 1 heterocycles. The molecule has 0 atom stereocenters. The van der Waals surface area contributed by atoms with Crippen molar-refractivity contribution in [2.45, 2.75) is 39.1 Å². The van der Waals surface area contributed by atoms with Gasteiger partial charge in [0.15, 0.2) is 11.0 Å². The number of nitrogens with one attached hydrogen (secondary N) is 1. The van der Waals surface area contributed by atoms with Crippen LogP contribution in [0.1, 0.15) is 22.5 Å². The number of anilines is 1. The molecule has 0 aliphatic heterocycles. The number of carbonyl (C=O) groups is 1. The van der Waals surface area contributed by atoms with Crippen molar-refractivity contribution in [1.82, 2.24) is 14.8 Å². The molecule has 34 heavy (non-hydrogen) atoms. The van der Waals surface area contributed by atoms with E-state index in [0.29, 0.717) is 17.5 Å². The van der Waals surface area contributed by atoms with Crippen molar-refractivity contribution in [1.29, 1.82) is 0 Å². The number of aromatic nitrogens is 3. The van der Waals surface area contributed by atoms with Gasteiger partial charge in [0.25, 0.3) is 0 Å². The molecule has 4 aromatic rings. The minimum absolute atomic E-state index is 0.0817. The zero-order valence-electron chi connectivity index (χ0n) is 19.7. The van der Waals surface area contributed by atoms with Gasteiger partial charge >= 0.3 is 0 Å². The van der Waals surface area contributed by atoms with E-state index in [2.05, 4.69) is 53.3 Å². The third kappa shape index (κ3) is 5.31. The number of aryl methyl sites for hydroxylation is 3. The van der Waals surface area contributed by atoms with Gasteiger partial charge in [0, 0.05) is 17.6 Å². The first kappa shape index (κ1) is 23.6. The van der Waals surface area contributed by atoms with Crippen molar-refractivity contribution in [2.75, 3.05) is 11.1 Å². The van der Waals surface area contributed by atoms with Gasteiger partial charge in [0.05, 0.1) is 5.75 Å². The second kappa shape index (κ2) is 10.6. The molecule has 0 aliphatic carbocycles. The summed E-state index contributed by atoms with van der Waals surface area (Å²) in [4.78, 5) is 12.7. The number of nitrogens with zero attached hydrogens (tertiary/aromatic N) is 3. The van der Waals surface area contributed by atoms with Gasteiger partial charge in [-0.1, -0.05) is 71.9 Å². The molecular weight excluding hydrogens is 444 g/mol. The molecule has 0 radical (unpaired) electrons. The Kier molecular flexibility index (Phi) is 7.33. The lowest BCUT2D eigenvalue weighted by molar-refractivity contribution is -0.113. The Hall–Kier alpha value is -3.58. The third-order valence-corrected chi connectivity index (χ3v) is 6.45. The van der Waals surface area contributed by atoms with Crippen molar-refractivity contribution in [3.63, 3.8) is 0 Å². The van der Waals surface area contributed by atoms with Crippen molar-refractivity contribution >= 4 is 34.1 Å². The summed E-state index contributed by atoms with van der Waals surface area (Å²) in [7, 11) is 0. The highest BCUT2D eigenvalue weighted by Gasteiger charge is 2.15. The van der Waals surface area contributed by atoms with Gasteiger partial charge in [-0.05, 0) is 43.4 Å². The van der Waals surface area contributed by atoms with Crippen LogP contribution < -0.4 is 10.1 Å². The lowest BCUT2D eigenvalue weighted by atomic mass is 10.1. The molecule has 1 amide bonds. The Balaban J connectivity index is 1.44. The number of hydrogen-bond acceptors (Lipinski definition) is 5. The fourth-order valence-electron chi connectivity index (χ4n) is 3.99. The summed E-state index contributed by atoms with van der Waals surface area (Å²) in [6, 6.07) is 18.2. The van der Waals surface area contributed by atoms with Crippen molar-refractivity contribution in [3.8, 4) is 5.75 Å². The number of allylic oxidation sites excluding steroid dienone is 1. The molecule has 3 aromatic carbocycles. The smallest absolute Gasteiger partial charge is 0.234 e. The topological polar surface area (TPSA) is 69.0 Å². The van der Waals surface area contributed by atoms with Gasteiger partial charge in [0.1, 0.15) is 12.4 Å². The Morgan fingerprint density at radius 3 is 2.59 bits per heavy atom. The molecule has 1 aromatic heterocycles. The SMILES string of the molecule is C=CCn1c(COc2cccc3ccccc23)nnc1SCC(=O)Nc1c(C)cc(C)cc1C. The van der Waals surface area contributed by atoms with Gasteiger partial charge in [-0.2, -0.15) is 0 Å². The average molecular weight is 473 g/mol. The summed E-state index contributed by atoms with van der Waals surface area (Å²) >= 11 is 1.35. The molecule has 0 fully saturated rings. The van der Waals surface area contributed by atoms with Crippen LogP contribution in [0.3, 0.4) is 0 Å². The van der Waals surface area contributed by atoms with Crippen molar-refractivity contribution in [2.24, 2.45) is 0 Å². The van der Waals surface area contributed by atoms with Gasteiger partial charge in [0.2, 0.25) is 5.91 Å². The van der Waals surface area contributed by atoms with Crippen molar-refractivity contribution in [3.05, 3.63) is 89.8 Å². The number of rotatable bonds is 9. The van der Waals surface area contributed by atoms with E-state index in [0.717, 1.165) is 33.3 Å². The molecule has 7 heteroatoms. The van der Waals surface area contributed by atoms with E-state index in [1.54, 1.807) is 6.08 Å². The fraction of sp³-hybridized carbons (Fsp3) is 0.222. The van der Waals surface area contributed by atoms with Crippen LogP contribution in [0.15, 0.2) is 72.4 Å². The van der Waals surface area contributed by atoms with Crippen LogP contribution in [0.2, 0.25) is 0 Å². The van der Waals surface area contributed by atoms with Crippen LogP contribution >= 0.6 is 11.8 Å². The number of ether oxygens (including phenoxy) is 1. The fourth-order valence-corrected chi connectivity index (χ4v) is 4.76. The minimum atomic E-state index is -0.0817. The van der Waals surface area contributed by atoms with E-state index in [4.69, 9.17) is 4.74 Å². The first-order chi connectivity index (χ1) is 16.5. The highest BCUT2D eigenvalue weighted by atomic mass is 32.2. The van der Waals surface area contributed by atoms with Gasteiger partial charge in [-0.25, -0.2) is 0 Å². The average Bonchev–Trinajstić information content (AvgIpc) is 3.20. The van der Waals surface area contributed by atoms with Crippen LogP contribution in [0.4, 0.5) is 5.69 Å². The predicted octanol–water partition coefficient (Wildman–Crippen LogP) is 5.85. The number of thioether (sulfide) groups is 1. The van der Waals surface area contributed by atoms with E-state index in [1.807, 2.05) is 48.7 Å². The van der Waals surface area contributed by atoms with Gasteiger partial charge in [-0.15, -0.1) is 16.8 Å². The first-order valence-corrected chi connectivity index (χ1v) is 12.1. The van der Waals surface area contributed by atoms with Crippen LogP contribution in [-0.2, 0) is 17.9 Å². The molecule has 0 bridgehead atoms. The minimum Gasteiger partial charge on any atom is -0.485 e. The highest BCUT2D eigenvalue weighted by Crippen LogP contribution is 2.27. The molecule has 4 rings (SSSR count). The summed E-state index contributed by atoms with van der Waals surface area (Å²) in [5, 5.41) is 14.5. The third-order valence-electron chi connectivity index (χ3n) is 5.49. The maximum Gasteiger partial charge on any atom is 0.234 e. The summed E-state index contributed by atoms with van der Waals surface area (Å²) in [5.74, 6) is 1.62. The summed E-state index contributed by atoms with van der Waals surface area (Å²) in [5.41, 5.74) is 4.16. The zero-order chi connectivity index (χ0) is 24.1. The number of amides is 1. The standard InChI is InChI=1S/C27H28N4O2S/c1-5-13-31-24(16-33-23-12-8-10-21-9-6-7-11-22(21)23)29-30-27(31)34-17-25(32)28-26-19(3)14-18(2)15-20(26)4/h5-12,14-15H,1,13,16-17H2,2-4H3,(H,28,32). The van der Waals surface area contributed by atoms with E-state index < -0.39 is 0 Å². The quantitative estimate of drug-likeness (QED) is 0.244. The molecule has 0 spiro atoms. The normalized spacial score (nSPS) is 10.9. The molecule has 0 saturated heterocycles.